The molecule has 2 N–H and O–H groups in total. The van der Waals surface area contributed by atoms with Gasteiger partial charge in [-0.15, -0.1) is 0 Å². The molecule has 0 unspecified atom stereocenters. The van der Waals surface area contributed by atoms with Crippen molar-refractivity contribution in [2.24, 2.45) is 0 Å². The first-order valence-corrected chi connectivity index (χ1v) is 10.8. The van der Waals surface area contributed by atoms with Crippen molar-refractivity contribution in [3.63, 3.8) is 0 Å². The minimum absolute atomic E-state index is 0.151. The average Bonchev–Trinajstić information content (AvgIpc) is 3.23. The van der Waals surface area contributed by atoms with Gasteiger partial charge in [-0.3, -0.25) is 9.59 Å². The molecular formula is C26H27N3O3. The van der Waals surface area contributed by atoms with E-state index < -0.39 is 0 Å². The summed E-state index contributed by atoms with van der Waals surface area (Å²) in [7, 11) is 1.63. The molecule has 6 heteroatoms. The smallest absolute Gasteiger partial charge is 0.253 e. The fourth-order valence-corrected chi connectivity index (χ4v) is 3.83. The first kappa shape index (κ1) is 21.4. The lowest BCUT2D eigenvalue weighted by molar-refractivity contribution is -0.128. The summed E-state index contributed by atoms with van der Waals surface area (Å²) in [4.78, 5) is 26.7. The Bertz CT molecular complexity index is 1100. The van der Waals surface area contributed by atoms with E-state index in [9.17, 15) is 9.59 Å². The Morgan fingerprint density at radius 1 is 1.00 bits per heavy atom. The van der Waals surface area contributed by atoms with Crippen molar-refractivity contribution in [3.05, 3.63) is 89.5 Å². The van der Waals surface area contributed by atoms with E-state index in [0.29, 0.717) is 25.1 Å². The lowest BCUT2D eigenvalue weighted by Gasteiger charge is -2.16. The molecule has 0 spiro atoms. The van der Waals surface area contributed by atoms with Crippen molar-refractivity contribution in [3.8, 4) is 5.75 Å². The third kappa shape index (κ3) is 5.27. The Kier molecular flexibility index (Phi) is 6.70. The molecule has 0 bridgehead atoms. The number of anilines is 2. The van der Waals surface area contributed by atoms with Crippen molar-refractivity contribution in [1.82, 2.24) is 10.2 Å². The van der Waals surface area contributed by atoms with E-state index in [1.165, 1.54) is 0 Å². The minimum atomic E-state index is -0.151. The molecule has 0 atom stereocenters. The standard InChI is InChI=1S/C26H27N3O3/c1-32-22-13-11-21(12-14-22)28-24-9-3-2-8-23(24)26(31)27-17-19-6-4-7-20(16-19)18-29-15-5-10-25(29)30/h2-4,6-9,11-14,16,28H,5,10,15,17-18H2,1H3,(H,27,31). The maximum absolute atomic E-state index is 12.9. The van der Waals surface area contributed by atoms with E-state index in [1.54, 1.807) is 13.2 Å². The molecule has 6 nitrogen and oxygen atoms in total. The number of rotatable bonds is 8. The quantitative estimate of drug-likeness (QED) is 0.554. The van der Waals surface area contributed by atoms with Gasteiger partial charge < -0.3 is 20.3 Å². The number of hydrogen-bond acceptors (Lipinski definition) is 4. The number of benzene rings is 3. The number of para-hydroxylation sites is 1. The second-order valence-electron chi connectivity index (χ2n) is 7.82. The SMILES string of the molecule is COc1ccc(Nc2ccccc2C(=O)NCc2cccc(CN3CCCC3=O)c2)cc1. The third-order valence-corrected chi connectivity index (χ3v) is 5.53. The molecule has 0 aliphatic carbocycles. The van der Waals surface area contributed by atoms with Crippen molar-refractivity contribution < 1.29 is 14.3 Å². The highest BCUT2D eigenvalue weighted by atomic mass is 16.5. The normalized spacial score (nSPS) is 13.2. The Morgan fingerprint density at radius 3 is 2.53 bits per heavy atom. The van der Waals surface area contributed by atoms with E-state index >= 15 is 0 Å². The van der Waals surface area contributed by atoms with E-state index in [1.807, 2.05) is 71.6 Å². The molecule has 0 aromatic heterocycles. The molecule has 32 heavy (non-hydrogen) atoms. The number of methoxy groups -OCH3 is 1. The van der Waals surface area contributed by atoms with Crippen LogP contribution in [-0.4, -0.2) is 30.4 Å². The highest BCUT2D eigenvalue weighted by Crippen LogP contribution is 2.23. The van der Waals surface area contributed by atoms with E-state index in [2.05, 4.69) is 10.6 Å². The van der Waals surface area contributed by atoms with Crippen LogP contribution in [0.15, 0.2) is 72.8 Å². The van der Waals surface area contributed by atoms with Crippen LogP contribution in [0.3, 0.4) is 0 Å². The molecule has 3 aromatic carbocycles. The zero-order valence-corrected chi connectivity index (χ0v) is 18.1. The molecule has 1 fully saturated rings. The monoisotopic (exact) mass is 429 g/mol. The van der Waals surface area contributed by atoms with Crippen LogP contribution in [0.5, 0.6) is 5.75 Å². The molecule has 164 valence electrons. The number of carbonyl (C=O) groups is 2. The lowest BCUT2D eigenvalue weighted by Crippen LogP contribution is -2.25. The first-order valence-electron chi connectivity index (χ1n) is 10.8. The minimum Gasteiger partial charge on any atom is -0.497 e. The summed E-state index contributed by atoms with van der Waals surface area (Å²) in [5, 5.41) is 6.31. The van der Waals surface area contributed by atoms with Crippen LogP contribution in [0.25, 0.3) is 0 Å². The van der Waals surface area contributed by atoms with E-state index in [4.69, 9.17) is 4.74 Å². The number of likely N-dealkylation sites (tertiary alicyclic amines) is 1. The summed E-state index contributed by atoms with van der Waals surface area (Å²) in [6.45, 7) is 1.85. The number of nitrogens with one attached hydrogen (secondary N) is 2. The van der Waals surface area contributed by atoms with Gasteiger partial charge >= 0.3 is 0 Å². The van der Waals surface area contributed by atoms with Crippen LogP contribution in [-0.2, 0) is 17.9 Å². The van der Waals surface area contributed by atoms with Gasteiger partial charge in [0.05, 0.1) is 18.4 Å². The van der Waals surface area contributed by atoms with Gasteiger partial charge in [-0.05, 0) is 53.9 Å². The van der Waals surface area contributed by atoms with Crippen LogP contribution in [0, 0.1) is 0 Å². The Morgan fingerprint density at radius 2 is 1.78 bits per heavy atom. The third-order valence-electron chi connectivity index (χ3n) is 5.53. The van der Waals surface area contributed by atoms with Gasteiger partial charge in [0.1, 0.15) is 5.75 Å². The Hall–Kier alpha value is -3.80. The zero-order valence-electron chi connectivity index (χ0n) is 18.1. The number of nitrogens with zero attached hydrogens (tertiary/aromatic N) is 1. The highest BCUT2D eigenvalue weighted by molar-refractivity contribution is 6.00. The average molecular weight is 430 g/mol. The predicted molar refractivity (Wildman–Crippen MR) is 125 cm³/mol. The van der Waals surface area contributed by atoms with Gasteiger partial charge in [-0.2, -0.15) is 0 Å². The lowest BCUT2D eigenvalue weighted by atomic mass is 10.1. The molecule has 0 radical (unpaired) electrons. The van der Waals surface area contributed by atoms with Crippen molar-refractivity contribution in [2.75, 3.05) is 19.0 Å². The summed E-state index contributed by atoms with van der Waals surface area (Å²) in [6.07, 6.45) is 1.57. The van der Waals surface area contributed by atoms with Crippen LogP contribution in [0.1, 0.15) is 34.3 Å². The fourth-order valence-electron chi connectivity index (χ4n) is 3.83. The molecule has 4 rings (SSSR count). The summed E-state index contributed by atoms with van der Waals surface area (Å²) in [5.41, 5.74) is 4.26. The maximum Gasteiger partial charge on any atom is 0.253 e. The molecule has 1 saturated heterocycles. The molecule has 0 saturated carbocycles. The van der Waals surface area contributed by atoms with Crippen molar-refractivity contribution in [2.45, 2.75) is 25.9 Å². The first-order chi connectivity index (χ1) is 15.6. The zero-order chi connectivity index (χ0) is 22.3. The number of carbonyl (C=O) groups excluding carboxylic acids is 2. The van der Waals surface area contributed by atoms with Crippen molar-refractivity contribution >= 4 is 23.2 Å². The van der Waals surface area contributed by atoms with E-state index in [0.717, 1.165) is 41.2 Å². The molecule has 1 aliphatic rings. The highest BCUT2D eigenvalue weighted by Gasteiger charge is 2.20. The van der Waals surface area contributed by atoms with Gasteiger partial charge in [0.2, 0.25) is 5.91 Å². The Labute approximate surface area is 188 Å². The van der Waals surface area contributed by atoms with Crippen LogP contribution < -0.4 is 15.4 Å². The van der Waals surface area contributed by atoms with Crippen molar-refractivity contribution in [1.29, 1.82) is 0 Å². The van der Waals surface area contributed by atoms with Gasteiger partial charge in [-0.1, -0.05) is 36.4 Å². The predicted octanol–water partition coefficient (Wildman–Crippen LogP) is 4.49. The van der Waals surface area contributed by atoms with Gasteiger partial charge in [0.15, 0.2) is 0 Å². The maximum atomic E-state index is 12.9. The van der Waals surface area contributed by atoms with Crippen LogP contribution >= 0.6 is 0 Å². The molecular weight excluding hydrogens is 402 g/mol. The van der Waals surface area contributed by atoms with Crippen LogP contribution in [0.2, 0.25) is 0 Å². The van der Waals surface area contributed by atoms with E-state index in [-0.39, 0.29) is 11.8 Å². The summed E-state index contributed by atoms with van der Waals surface area (Å²) in [6, 6.07) is 23.0. The largest absolute Gasteiger partial charge is 0.497 e. The summed E-state index contributed by atoms with van der Waals surface area (Å²) in [5.74, 6) is 0.837. The fraction of sp³-hybridized carbons (Fsp3) is 0.231. The molecule has 3 aromatic rings. The molecule has 2 amide bonds. The number of amides is 2. The summed E-state index contributed by atoms with van der Waals surface area (Å²) >= 11 is 0. The van der Waals surface area contributed by atoms with Gasteiger partial charge in [0.25, 0.3) is 5.91 Å². The van der Waals surface area contributed by atoms with Crippen LogP contribution in [0.4, 0.5) is 11.4 Å². The van der Waals surface area contributed by atoms with Gasteiger partial charge in [0, 0.05) is 31.7 Å². The number of ether oxygens (including phenoxy) is 1. The van der Waals surface area contributed by atoms with Gasteiger partial charge in [-0.25, -0.2) is 0 Å². The topological polar surface area (TPSA) is 70.7 Å². The second-order valence-corrected chi connectivity index (χ2v) is 7.82. The second kappa shape index (κ2) is 10.0. The Balaban J connectivity index is 1.40. The number of hydrogen-bond donors (Lipinski definition) is 2. The molecule has 1 aliphatic heterocycles. The summed E-state index contributed by atoms with van der Waals surface area (Å²) < 4.78 is 5.19. The molecule has 1 heterocycles.